The molecule has 168 valence electrons. The average molecular weight is 459 g/mol. The van der Waals surface area contributed by atoms with Crippen LogP contribution in [0.25, 0.3) is 0 Å². The van der Waals surface area contributed by atoms with Crippen molar-refractivity contribution in [2.75, 3.05) is 19.0 Å². The van der Waals surface area contributed by atoms with E-state index in [1.807, 2.05) is 0 Å². The van der Waals surface area contributed by atoms with Crippen molar-refractivity contribution in [3.05, 3.63) is 35.9 Å². The van der Waals surface area contributed by atoms with E-state index in [0.717, 1.165) is 38.2 Å². The third kappa shape index (κ3) is 15.6. The van der Waals surface area contributed by atoms with Crippen molar-refractivity contribution in [3.8, 4) is 0 Å². The van der Waals surface area contributed by atoms with Gasteiger partial charge in [-0.15, -0.1) is 0 Å². The molecule has 0 aliphatic heterocycles. The molecular weight excluding hydrogens is 415 g/mol. The lowest BCUT2D eigenvalue weighted by Crippen LogP contribution is -1.99. The molecule has 0 radical (unpaired) electrons. The second kappa shape index (κ2) is 18.9. The van der Waals surface area contributed by atoms with Gasteiger partial charge in [0.2, 0.25) is 5.69 Å². The maximum atomic E-state index is 6.19. The van der Waals surface area contributed by atoms with E-state index >= 15 is 0 Å². The normalized spacial score (nSPS) is 11.8. The van der Waals surface area contributed by atoms with E-state index in [4.69, 9.17) is 20.9 Å². The van der Waals surface area contributed by atoms with Crippen molar-refractivity contribution in [1.82, 2.24) is 0 Å². The molecule has 0 amide bonds. The second-order valence-electron chi connectivity index (χ2n) is 7.72. The van der Waals surface area contributed by atoms with Gasteiger partial charge in [-0.05, 0) is 36.6 Å². The molecule has 0 fully saturated rings. The average Bonchev–Trinajstić information content (AvgIpc) is 2.73. The van der Waals surface area contributed by atoms with Gasteiger partial charge in [0.05, 0.1) is 13.2 Å². The summed E-state index contributed by atoms with van der Waals surface area (Å²) in [7, 11) is 0. The molecule has 1 rings (SSSR count). The first-order chi connectivity index (χ1) is 14.2. The van der Waals surface area contributed by atoms with Crippen LogP contribution in [0, 0.1) is 0 Å². The molecule has 1 aromatic carbocycles. The van der Waals surface area contributed by atoms with E-state index in [9.17, 15) is 0 Å². The Morgan fingerprint density at radius 3 is 1.72 bits per heavy atom. The molecule has 0 unspecified atom stereocenters. The molecule has 0 heterocycles. The second-order valence-corrected chi connectivity index (χ2v) is 14.1. The van der Waals surface area contributed by atoms with Crippen molar-refractivity contribution in [1.29, 1.82) is 0 Å². The highest BCUT2D eigenvalue weighted by atomic mass is 32.9. The summed E-state index contributed by atoms with van der Waals surface area (Å²) in [6.07, 6.45) is 16.3. The van der Waals surface area contributed by atoms with Crippen LogP contribution in [-0.4, -0.2) is 19.0 Å². The zero-order chi connectivity index (χ0) is 21.0. The lowest BCUT2D eigenvalue weighted by Gasteiger charge is -2.22. The fourth-order valence-corrected chi connectivity index (χ4v) is 7.59. The molecule has 2 nitrogen and oxygen atoms in total. The lowest BCUT2D eigenvalue weighted by molar-refractivity contribution is 0.249. The Kier molecular flexibility index (Phi) is 17.7. The van der Waals surface area contributed by atoms with Gasteiger partial charge >= 0.3 is 0 Å². The van der Waals surface area contributed by atoms with Gasteiger partial charge in [-0.25, -0.2) is 0 Å². The number of unbranched alkanes of at least 4 members (excludes halogenated alkanes) is 10. The standard InChI is InChI=1S/C24H43O2PS2/c1-3-5-7-9-11-16-21-25-27(28,26-22-17-12-10-8-6-4-2)29-23-20-24-18-14-13-15-19-24/h13-15,18-19H,3-12,16-17,20-23H2,1-2H3. The summed E-state index contributed by atoms with van der Waals surface area (Å²) in [6.45, 7) is 6.01. The molecule has 0 aliphatic carbocycles. The van der Waals surface area contributed by atoms with Crippen molar-refractivity contribution in [3.63, 3.8) is 0 Å². The first kappa shape index (κ1) is 27.2. The molecule has 0 bridgehead atoms. The third-order valence-electron chi connectivity index (χ3n) is 4.98. The van der Waals surface area contributed by atoms with Crippen LogP contribution in [0.2, 0.25) is 0 Å². The van der Waals surface area contributed by atoms with Gasteiger partial charge in [0.25, 0.3) is 0 Å². The maximum Gasteiger partial charge on any atom is 0.247 e. The van der Waals surface area contributed by atoms with Gasteiger partial charge in [-0.1, -0.05) is 120 Å². The quantitative estimate of drug-likeness (QED) is 0.143. The van der Waals surface area contributed by atoms with Crippen LogP contribution < -0.4 is 0 Å². The minimum absolute atomic E-state index is 0.748. The first-order valence-electron chi connectivity index (χ1n) is 11.8. The minimum Gasteiger partial charge on any atom is -0.322 e. The number of aryl methyl sites for hydroxylation is 1. The van der Waals surface area contributed by atoms with Crippen LogP contribution in [-0.2, 0) is 27.3 Å². The van der Waals surface area contributed by atoms with E-state index in [1.165, 1.54) is 69.8 Å². The maximum absolute atomic E-state index is 6.19. The van der Waals surface area contributed by atoms with Crippen LogP contribution in [0.15, 0.2) is 30.3 Å². The molecule has 0 saturated heterocycles. The smallest absolute Gasteiger partial charge is 0.247 e. The summed E-state index contributed by atoms with van der Waals surface area (Å²) in [6, 6.07) is 10.6. The van der Waals surface area contributed by atoms with Crippen molar-refractivity contribution >= 4 is 28.9 Å². The Balaban J connectivity index is 2.32. The fraction of sp³-hybridized carbons (Fsp3) is 0.750. The van der Waals surface area contributed by atoms with Crippen molar-refractivity contribution in [2.45, 2.75) is 97.3 Å². The van der Waals surface area contributed by atoms with Crippen LogP contribution in [0.4, 0.5) is 0 Å². The Hall–Kier alpha value is 0.140. The van der Waals surface area contributed by atoms with E-state index in [-0.39, 0.29) is 0 Å². The highest BCUT2D eigenvalue weighted by Crippen LogP contribution is 2.61. The Morgan fingerprint density at radius 1 is 0.724 bits per heavy atom. The van der Waals surface area contributed by atoms with Gasteiger partial charge in [0.1, 0.15) is 0 Å². The molecule has 1 aromatic rings. The molecule has 0 aromatic heterocycles. The van der Waals surface area contributed by atoms with Crippen LogP contribution in [0.3, 0.4) is 0 Å². The molecule has 0 spiro atoms. The molecule has 0 N–H and O–H groups in total. The van der Waals surface area contributed by atoms with E-state index in [1.54, 1.807) is 11.4 Å². The van der Waals surface area contributed by atoms with Gasteiger partial charge in [-0.2, -0.15) is 0 Å². The SMILES string of the molecule is CCCCCCCCOP(=S)(OCCCCCCCC)SCCc1ccccc1. The van der Waals surface area contributed by atoms with Crippen LogP contribution in [0.1, 0.15) is 96.5 Å². The summed E-state index contributed by atoms with van der Waals surface area (Å²) in [5, 5.41) is 0. The highest BCUT2D eigenvalue weighted by Gasteiger charge is 2.19. The van der Waals surface area contributed by atoms with Crippen molar-refractivity contribution in [2.24, 2.45) is 0 Å². The largest absolute Gasteiger partial charge is 0.322 e. The zero-order valence-electron chi connectivity index (χ0n) is 18.8. The summed E-state index contributed by atoms with van der Waals surface area (Å²) in [4.78, 5) is 0. The van der Waals surface area contributed by atoms with E-state index in [0.29, 0.717) is 0 Å². The van der Waals surface area contributed by atoms with Gasteiger partial charge in [-0.3, -0.25) is 0 Å². The third-order valence-corrected chi connectivity index (χ3v) is 10.4. The van der Waals surface area contributed by atoms with E-state index < -0.39 is 5.69 Å². The minimum atomic E-state index is -2.23. The molecule has 0 aliphatic rings. The van der Waals surface area contributed by atoms with E-state index in [2.05, 4.69) is 44.2 Å². The molecule has 0 atom stereocenters. The van der Waals surface area contributed by atoms with Gasteiger partial charge in [0.15, 0.2) is 0 Å². The monoisotopic (exact) mass is 458 g/mol. The lowest BCUT2D eigenvalue weighted by atomic mass is 10.1. The summed E-state index contributed by atoms with van der Waals surface area (Å²) in [5.74, 6) is 0.967. The number of benzene rings is 1. The number of hydrogen-bond acceptors (Lipinski definition) is 4. The van der Waals surface area contributed by atoms with Crippen LogP contribution >= 0.6 is 17.1 Å². The summed E-state index contributed by atoms with van der Waals surface area (Å²) < 4.78 is 12.4. The molecule has 29 heavy (non-hydrogen) atoms. The predicted octanol–water partition coefficient (Wildman–Crippen LogP) is 8.94. The zero-order valence-corrected chi connectivity index (χ0v) is 21.3. The summed E-state index contributed by atoms with van der Waals surface area (Å²) in [5.41, 5.74) is -0.874. The van der Waals surface area contributed by atoms with Gasteiger partial charge < -0.3 is 9.05 Å². The summed E-state index contributed by atoms with van der Waals surface area (Å²) >= 11 is 7.63. The molecular formula is C24H43O2PS2. The number of hydrogen-bond donors (Lipinski definition) is 0. The Bertz CT molecular complexity index is 503. The Labute approximate surface area is 189 Å². The first-order valence-corrected chi connectivity index (χ1v) is 16.0. The van der Waals surface area contributed by atoms with Crippen LogP contribution in [0.5, 0.6) is 0 Å². The highest BCUT2D eigenvalue weighted by molar-refractivity contribution is 8.67. The fourth-order valence-electron chi connectivity index (χ4n) is 3.15. The topological polar surface area (TPSA) is 18.5 Å². The van der Waals surface area contributed by atoms with Crippen molar-refractivity contribution < 1.29 is 9.05 Å². The Morgan fingerprint density at radius 2 is 1.21 bits per heavy atom. The molecule has 5 heteroatoms. The molecule has 0 saturated carbocycles. The number of rotatable bonds is 20. The van der Waals surface area contributed by atoms with Gasteiger partial charge in [0, 0.05) is 5.75 Å². The predicted molar refractivity (Wildman–Crippen MR) is 136 cm³/mol.